The lowest BCUT2D eigenvalue weighted by molar-refractivity contribution is -0.115. The second-order valence-electron chi connectivity index (χ2n) is 6.00. The molecule has 3 aromatic carbocycles. The van der Waals surface area contributed by atoms with Crippen LogP contribution in [0.15, 0.2) is 71.2 Å². The second-order valence-corrected chi connectivity index (χ2v) is 7.89. The highest BCUT2D eigenvalue weighted by molar-refractivity contribution is 9.10. The molecule has 0 aliphatic rings. The van der Waals surface area contributed by atoms with Crippen LogP contribution in [0.2, 0.25) is 0 Å². The Bertz CT molecular complexity index is 1090. The molecule has 0 bridgehead atoms. The number of fused-ring (bicyclic) bond motifs is 1. The zero-order valence-corrected chi connectivity index (χ0v) is 16.5. The van der Waals surface area contributed by atoms with Crippen molar-refractivity contribution in [2.24, 2.45) is 0 Å². The van der Waals surface area contributed by atoms with Crippen LogP contribution < -0.4 is 5.32 Å². The number of hydrogen-bond acceptors (Lipinski definition) is 3. The van der Waals surface area contributed by atoms with Gasteiger partial charge in [-0.1, -0.05) is 24.3 Å². The van der Waals surface area contributed by atoms with E-state index in [1.807, 2.05) is 48.5 Å². The quantitative estimate of drug-likeness (QED) is 0.419. The van der Waals surface area contributed by atoms with Gasteiger partial charge < -0.3 is 5.32 Å². The molecule has 1 N–H and O–H groups in total. The van der Waals surface area contributed by atoms with Crippen LogP contribution in [0.3, 0.4) is 0 Å². The molecule has 3 nitrogen and oxygen atoms in total. The van der Waals surface area contributed by atoms with Crippen LogP contribution in [0.5, 0.6) is 0 Å². The van der Waals surface area contributed by atoms with Crippen LogP contribution in [-0.2, 0) is 11.2 Å². The van der Waals surface area contributed by atoms with Crippen molar-refractivity contribution in [2.75, 3.05) is 5.32 Å². The van der Waals surface area contributed by atoms with E-state index < -0.39 is 5.82 Å². The van der Waals surface area contributed by atoms with Crippen molar-refractivity contribution in [3.8, 4) is 10.6 Å². The highest BCUT2D eigenvalue weighted by atomic mass is 79.9. The zero-order chi connectivity index (χ0) is 18.8. The molecule has 1 heterocycles. The zero-order valence-electron chi connectivity index (χ0n) is 14.1. The van der Waals surface area contributed by atoms with Gasteiger partial charge in [-0.2, -0.15) is 0 Å². The van der Waals surface area contributed by atoms with Crippen LogP contribution in [0, 0.1) is 5.82 Å². The van der Waals surface area contributed by atoms with E-state index in [-0.39, 0.29) is 12.3 Å². The molecular formula is C21H14BrFN2OS. The Labute approximate surface area is 168 Å². The summed E-state index contributed by atoms with van der Waals surface area (Å²) in [5.41, 5.74) is 2.99. The molecule has 0 aliphatic heterocycles. The molecule has 134 valence electrons. The maximum atomic E-state index is 14.0. The molecule has 1 amide bonds. The Balaban J connectivity index is 1.47. The number of anilines is 1. The largest absolute Gasteiger partial charge is 0.326 e. The molecule has 0 saturated carbocycles. The number of halogens is 2. The van der Waals surface area contributed by atoms with Crippen LogP contribution in [0.4, 0.5) is 10.1 Å². The average Bonchev–Trinajstić information content (AvgIpc) is 3.10. The van der Waals surface area contributed by atoms with Crippen LogP contribution in [0.1, 0.15) is 5.56 Å². The normalized spacial score (nSPS) is 10.9. The number of hydrogen-bond donors (Lipinski definition) is 1. The lowest BCUT2D eigenvalue weighted by Crippen LogP contribution is -2.15. The van der Waals surface area contributed by atoms with Crippen molar-refractivity contribution < 1.29 is 9.18 Å². The SMILES string of the molecule is O=C(Cc1cccc(Br)c1F)Nc1ccc(-c2nc3ccccc3s2)cc1. The van der Waals surface area contributed by atoms with Crippen molar-refractivity contribution in [3.05, 3.63) is 82.6 Å². The molecule has 0 atom stereocenters. The Kier molecular flexibility index (Phi) is 5.01. The van der Waals surface area contributed by atoms with Crippen LogP contribution >= 0.6 is 27.3 Å². The molecule has 6 heteroatoms. The lowest BCUT2D eigenvalue weighted by atomic mass is 10.1. The van der Waals surface area contributed by atoms with E-state index in [0.717, 1.165) is 20.8 Å². The van der Waals surface area contributed by atoms with Crippen molar-refractivity contribution >= 4 is 49.1 Å². The van der Waals surface area contributed by atoms with E-state index in [9.17, 15) is 9.18 Å². The first-order chi connectivity index (χ1) is 13.1. The molecule has 0 saturated heterocycles. The minimum absolute atomic E-state index is 0.0229. The number of carbonyl (C=O) groups is 1. The second kappa shape index (κ2) is 7.58. The van der Waals surface area contributed by atoms with E-state index in [2.05, 4.69) is 26.2 Å². The monoisotopic (exact) mass is 440 g/mol. The summed E-state index contributed by atoms with van der Waals surface area (Å²) in [7, 11) is 0. The molecule has 1 aromatic heterocycles. The molecule has 0 radical (unpaired) electrons. The van der Waals surface area contributed by atoms with Gasteiger partial charge in [0.2, 0.25) is 5.91 Å². The van der Waals surface area contributed by atoms with Gasteiger partial charge in [0, 0.05) is 11.3 Å². The van der Waals surface area contributed by atoms with Crippen LogP contribution in [-0.4, -0.2) is 10.9 Å². The number of nitrogens with zero attached hydrogens (tertiary/aromatic N) is 1. The number of thiazole rings is 1. The number of benzene rings is 3. The number of amides is 1. The third-order valence-corrected chi connectivity index (χ3v) is 5.79. The molecule has 0 spiro atoms. The van der Waals surface area contributed by atoms with Gasteiger partial charge in [0.05, 0.1) is 21.1 Å². The summed E-state index contributed by atoms with van der Waals surface area (Å²) in [5.74, 6) is -0.668. The molecule has 0 unspecified atom stereocenters. The van der Waals surface area contributed by atoms with E-state index in [4.69, 9.17) is 0 Å². The van der Waals surface area contributed by atoms with Crippen molar-refractivity contribution in [3.63, 3.8) is 0 Å². The Morgan fingerprint density at radius 2 is 1.81 bits per heavy atom. The molecule has 4 aromatic rings. The van der Waals surface area contributed by atoms with Gasteiger partial charge in [-0.15, -0.1) is 11.3 Å². The van der Waals surface area contributed by atoms with E-state index in [0.29, 0.717) is 15.7 Å². The number of carbonyl (C=O) groups excluding carboxylic acids is 1. The van der Waals surface area contributed by atoms with E-state index >= 15 is 0 Å². The van der Waals surface area contributed by atoms with Crippen molar-refractivity contribution in [1.82, 2.24) is 4.98 Å². The van der Waals surface area contributed by atoms with Gasteiger partial charge in [0.25, 0.3) is 0 Å². The van der Waals surface area contributed by atoms with Gasteiger partial charge in [-0.3, -0.25) is 4.79 Å². The summed E-state index contributed by atoms with van der Waals surface area (Å²) in [6.07, 6.45) is -0.0229. The third-order valence-electron chi connectivity index (χ3n) is 4.09. The predicted octanol–water partition coefficient (Wildman–Crippen LogP) is 6.05. The summed E-state index contributed by atoms with van der Waals surface area (Å²) in [6.45, 7) is 0. The smallest absolute Gasteiger partial charge is 0.228 e. The van der Waals surface area contributed by atoms with Crippen molar-refractivity contribution in [1.29, 1.82) is 0 Å². The summed E-state index contributed by atoms with van der Waals surface area (Å²) in [6, 6.07) is 20.4. The fourth-order valence-electron chi connectivity index (χ4n) is 2.75. The average molecular weight is 441 g/mol. The minimum atomic E-state index is -0.404. The highest BCUT2D eigenvalue weighted by Crippen LogP contribution is 2.30. The highest BCUT2D eigenvalue weighted by Gasteiger charge is 2.11. The Hall–Kier alpha value is -2.57. The maximum absolute atomic E-state index is 14.0. The first-order valence-corrected chi connectivity index (χ1v) is 9.90. The van der Waals surface area contributed by atoms with Crippen molar-refractivity contribution in [2.45, 2.75) is 6.42 Å². The fourth-order valence-corrected chi connectivity index (χ4v) is 4.13. The topological polar surface area (TPSA) is 42.0 Å². The van der Waals surface area contributed by atoms with Gasteiger partial charge >= 0.3 is 0 Å². The summed E-state index contributed by atoms with van der Waals surface area (Å²) in [5, 5.41) is 3.74. The third kappa shape index (κ3) is 3.91. The lowest BCUT2D eigenvalue weighted by Gasteiger charge is -2.07. The standard InChI is InChI=1S/C21H14BrFN2OS/c22-16-5-3-4-14(20(16)23)12-19(26)24-15-10-8-13(9-11-15)21-25-17-6-1-2-7-18(17)27-21/h1-11H,12H2,(H,24,26). The number of para-hydroxylation sites is 1. The van der Waals surface area contributed by atoms with Crippen LogP contribution in [0.25, 0.3) is 20.8 Å². The van der Waals surface area contributed by atoms with E-state index in [1.54, 1.807) is 29.5 Å². The summed E-state index contributed by atoms with van der Waals surface area (Å²) < 4.78 is 15.5. The summed E-state index contributed by atoms with van der Waals surface area (Å²) >= 11 is 4.76. The molecule has 27 heavy (non-hydrogen) atoms. The summed E-state index contributed by atoms with van der Waals surface area (Å²) in [4.78, 5) is 16.8. The number of aromatic nitrogens is 1. The minimum Gasteiger partial charge on any atom is -0.326 e. The van der Waals surface area contributed by atoms with Gasteiger partial charge in [0.15, 0.2) is 0 Å². The number of rotatable bonds is 4. The Morgan fingerprint density at radius 1 is 1.04 bits per heavy atom. The van der Waals surface area contributed by atoms with Gasteiger partial charge in [0.1, 0.15) is 10.8 Å². The molecule has 4 rings (SSSR count). The van der Waals surface area contributed by atoms with E-state index in [1.165, 1.54) is 0 Å². The van der Waals surface area contributed by atoms with Gasteiger partial charge in [-0.05, 0) is 64.0 Å². The Morgan fingerprint density at radius 3 is 2.59 bits per heavy atom. The number of nitrogens with one attached hydrogen (secondary N) is 1. The maximum Gasteiger partial charge on any atom is 0.228 e. The first-order valence-electron chi connectivity index (χ1n) is 8.29. The molecular weight excluding hydrogens is 427 g/mol. The molecule has 0 fully saturated rings. The fraction of sp³-hybridized carbons (Fsp3) is 0.0476. The predicted molar refractivity (Wildman–Crippen MR) is 111 cm³/mol. The molecule has 0 aliphatic carbocycles. The van der Waals surface area contributed by atoms with Gasteiger partial charge in [-0.25, -0.2) is 9.37 Å². The first kappa shape index (κ1) is 17.8.